The average molecular weight is 412 g/mol. The number of carbonyl (C=O) groups is 2. The lowest BCUT2D eigenvalue weighted by Gasteiger charge is -2.16. The molecule has 6 heteroatoms. The van der Waals surface area contributed by atoms with Gasteiger partial charge in [0, 0.05) is 5.92 Å². The van der Waals surface area contributed by atoms with E-state index in [1.807, 2.05) is 24.3 Å². The first-order chi connectivity index (χ1) is 14.2. The van der Waals surface area contributed by atoms with E-state index in [-0.39, 0.29) is 6.29 Å². The molecule has 2 aromatic rings. The summed E-state index contributed by atoms with van der Waals surface area (Å²) in [5.74, 6) is -1.28. The van der Waals surface area contributed by atoms with Gasteiger partial charge in [0.15, 0.2) is 0 Å². The smallest absolute Gasteiger partial charge is 0.289 e. The van der Waals surface area contributed by atoms with Crippen molar-refractivity contribution in [2.45, 2.75) is 46.5 Å². The van der Waals surface area contributed by atoms with Gasteiger partial charge in [0.25, 0.3) is 0 Å². The van der Waals surface area contributed by atoms with E-state index in [1.165, 1.54) is 0 Å². The van der Waals surface area contributed by atoms with Crippen molar-refractivity contribution in [3.8, 4) is 0 Å². The number of hydrogen-bond donors (Lipinski definition) is 0. The SMILES string of the molecule is [CH2]C(C)[C](OOC(=O)c1ccc(C(C)C)cc1)OOC(=O)c1ccc(C(C)C)cc1. The Morgan fingerprint density at radius 2 is 0.967 bits per heavy atom. The zero-order chi connectivity index (χ0) is 22.3. The zero-order valence-corrected chi connectivity index (χ0v) is 18.0. The molecule has 2 rings (SSSR count). The lowest BCUT2D eigenvalue weighted by Crippen LogP contribution is -2.20. The lowest BCUT2D eigenvalue weighted by molar-refractivity contribution is -0.369. The van der Waals surface area contributed by atoms with Crippen molar-refractivity contribution in [1.29, 1.82) is 0 Å². The predicted molar refractivity (Wildman–Crippen MR) is 112 cm³/mol. The molecule has 30 heavy (non-hydrogen) atoms. The van der Waals surface area contributed by atoms with Gasteiger partial charge in [0.05, 0.1) is 11.1 Å². The van der Waals surface area contributed by atoms with E-state index in [0.29, 0.717) is 23.0 Å². The van der Waals surface area contributed by atoms with E-state index in [0.717, 1.165) is 11.1 Å². The third kappa shape index (κ3) is 6.68. The van der Waals surface area contributed by atoms with Gasteiger partial charge in [-0.1, -0.05) is 58.9 Å². The number of carbonyl (C=O) groups excluding carboxylic acids is 2. The summed E-state index contributed by atoms with van der Waals surface area (Å²) >= 11 is 0. The van der Waals surface area contributed by atoms with Crippen LogP contribution in [-0.4, -0.2) is 11.9 Å². The second-order valence-electron chi connectivity index (χ2n) is 7.68. The first kappa shape index (κ1) is 23.6. The van der Waals surface area contributed by atoms with E-state index < -0.39 is 17.9 Å². The molecule has 2 radical (unpaired) electrons. The highest BCUT2D eigenvalue weighted by Crippen LogP contribution is 2.21. The Morgan fingerprint density at radius 1 is 0.633 bits per heavy atom. The van der Waals surface area contributed by atoms with E-state index in [2.05, 4.69) is 34.6 Å². The lowest BCUT2D eigenvalue weighted by atomic mass is 10.0. The van der Waals surface area contributed by atoms with Crippen LogP contribution >= 0.6 is 0 Å². The van der Waals surface area contributed by atoms with Gasteiger partial charge in [0.1, 0.15) is 0 Å². The molecule has 0 aliphatic heterocycles. The van der Waals surface area contributed by atoms with Crippen LogP contribution in [0.25, 0.3) is 0 Å². The Hall–Kier alpha value is -2.70. The van der Waals surface area contributed by atoms with Crippen LogP contribution in [-0.2, 0) is 19.6 Å². The molecule has 1 atom stereocenters. The maximum atomic E-state index is 12.2. The van der Waals surface area contributed by atoms with Crippen molar-refractivity contribution in [2.24, 2.45) is 5.92 Å². The van der Waals surface area contributed by atoms with Gasteiger partial charge in [-0.3, -0.25) is 9.78 Å². The molecular formula is C24H28O6. The van der Waals surface area contributed by atoms with Crippen LogP contribution in [0, 0.1) is 19.1 Å². The van der Waals surface area contributed by atoms with Crippen molar-refractivity contribution in [3.05, 3.63) is 84.0 Å². The van der Waals surface area contributed by atoms with Crippen molar-refractivity contribution >= 4 is 11.9 Å². The molecule has 0 aliphatic carbocycles. The van der Waals surface area contributed by atoms with Gasteiger partial charge in [-0.25, -0.2) is 9.59 Å². The Bertz CT molecular complexity index is 754. The van der Waals surface area contributed by atoms with E-state index in [1.54, 1.807) is 31.2 Å². The molecule has 1 unspecified atom stereocenters. The molecule has 6 nitrogen and oxygen atoms in total. The first-order valence-electron chi connectivity index (χ1n) is 9.86. The summed E-state index contributed by atoms with van der Waals surface area (Å²) in [7, 11) is 0. The Kier molecular flexibility index (Phi) is 8.57. The fourth-order valence-electron chi connectivity index (χ4n) is 2.44. The summed E-state index contributed by atoms with van der Waals surface area (Å²) in [6.45, 7) is 13.6. The van der Waals surface area contributed by atoms with Gasteiger partial charge < -0.3 is 0 Å². The van der Waals surface area contributed by atoms with Crippen LogP contribution in [0.2, 0.25) is 0 Å². The molecule has 2 aromatic carbocycles. The van der Waals surface area contributed by atoms with Gasteiger partial charge in [-0.2, -0.15) is 0 Å². The Balaban J connectivity index is 1.89. The minimum Gasteiger partial charge on any atom is -0.289 e. The van der Waals surface area contributed by atoms with E-state index >= 15 is 0 Å². The maximum absolute atomic E-state index is 12.2. The highest BCUT2D eigenvalue weighted by Gasteiger charge is 2.25. The number of rotatable bonds is 9. The largest absolute Gasteiger partial charge is 0.373 e. The van der Waals surface area contributed by atoms with E-state index in [9.17, 15) is 9.59 Å². The molecule has 160 valence electrons. The van der Waals surface area contributed by atoms with Crippen LogP contribution in [0.15, 0.2) is 48.5 Å². The molecule has 0 bridgehead atoms. The topological polar surface area (TPSA) is 71.1 Å². The molecule has 0 fully saturated rings. The predicted octanol–water partition coefficient (Wildman–Crippen LogP) is 5.77. The molecule has 0 aromatic heterocycles. The van der Waals surface area contributed by atoms with Crippen LogP contribution in [0.5, 0.6) is 0 Å². The minimum absolute atomic E-state index is 0.255. The molecule has 0 N–H and O–H groups in total. The van der Waals surface area contributed by atoms with Crippen LogP contribution < -0.4 is 0 Å². The number of benzene rings is 2. The summed E-state index contributed by atoms with van der Waals surface area (Å²) in [6.07, 6.45) is -0.255. The molecule has 0 heterocycles. The summed E-state index contributed by atoms with van der Waals surface area (Å²) in [6, 6.07) is 14.0. The summed E-state index contributed by atoms with van der Waals surface area (Å²) in [5.41, 5.74) is 2.83. The van der Waals surface area contributed by atoms with Gasteiger partial charge in [-0.05, 0) is 54.2 Å². The molecule has 0 amide bonds. The second kappa shape index (κ2) is 10.9. The first-order valence-corrected chi connectivity index (χ1v) is 9.86. The fourth-order valence-corrected chi connectivity index (χ4v) is 2.44. The van der Waals surface area contributed by atoms with Gasteiger partial charge in [-0.15, -0.1) is 9.78 Å². The quantitative estimate of drug-likeness (QED) is 0.385. The normalized spacial score (nSPS) is 11.4. The van der Waals surface area contributed by atoms with Crippen LogP contribution in [0.4, 0.5) is 0 Å². The fraction of sp³-hybridized carbons (Fsp3) is 0.333. The van der Waals surface area contributed by atoms with E-state index in [4.69, 9.17) is 19.6 Å². The van der Waals surface area contributed by atoms with Crippen molar-refractivity contribution in [3.63, 3.8) is 0 Å². The van der Waals surface area contributed by atoms with Gasteiger partial charge in [0.2, 0.25) is 0 Å². The van der Waals surface area contributed by atoms with Crippen molar-refractivity contribution in [1.82, 2.24) is 0 Å². The minimum atomic E-state index is -0.706. The molecule has 0 saturated heterocycles. The maximum Gasteiger partial charge on any atom is 0.373 e. The van der Waals surface area contributed by atoms with Crippen molar-refractivity contribution in [2.75, 3.05) is 0 Å². The Morgan fingerprint density at radius 3 is 1.23 bits per heavy atom. The second-order valence-corrected chi connectivity index (χ2v) is 7.68. The number of hydrogen-bond acceptors (Lipinski definition) is 6. The highest BCUT2D eigenvalue weighted by atomic mass is 17.3. The molecule has 0 saturated carbocycles. The van der Waals surface area contributed by atoms with Crippen LogP contribution in [0.1, 0.15) is 78.3 Å². The summed E-state index contributed by atoms with van der Waals surface area (Å²) in [4.78, 5) is 43.8. The third-order valence-corrected chi connectivity index (χ3v) is 4.43. The average Bonchev–Trinajstić information content (AvgIpc) is 2.73. The summed E-state index contributed by atoms with van der Waals surface area (Å²) < 4.78 is 0. The highest BCUT2D eigenvalue weighted by molar-refractivity contribution is 5.89. The van der Waals surface area contributed by atoms with Crippen LogP contribution in [0.3, 0.4) is 0 Å². The molecule has 0 spiro atoms. The summed E-state index contributed by atoms with van der Waals surface area (Å²) in [5, 5.41) is 0. The molecular weight excluding hydrogens is 384 g/mol. The Labute approximate surface area is 178 Å². The zero-order valence-electron chi connectivity index (χ0n) is 18.0. The van der Waals surface area contributed by atoms with Crippen molar-refractivity contribution < 1.29 is 29.1 Å². The third-order valence-electron chi connectivity index (χ3n) is 4.43. The van der Waals surface area contributed by atoms with Gasteiger partial charge >= 0.3 is 18.2 Å². The monoisotopic (exact) mass is 412 g/mol. The standard InChI is InChI=1S/C24H28O6/c1-15(2)18-7-11-20(12-8-18)22(25)27-29-24(17(5)6)30-28-23(26)21-13-9-19(10-14-21)16(3)4/h7-17H,5H2,1-4,6H3. The molecule has 0 aliphatic rings.